The number of rotatable bonds is 7. The van der Waals surface area contributed by atoms with Gasteiger partial charge in [-0.3, -0.25) is 0 Å². The van der Waals surface area contributed by atoms with Crippen molar-refractivity contribution in [1.29, 1.82) is 0 Å². The van der Waals surface area contributed by atoms with Gasteiger partial charge in [0.05, 0.1) is 0 Å². The number of primary amides is 1. The number of carbonyl (C=O) groups is 2. The molecule has 0 spiro atoms. The van der Waals surface area contributed by atoms with Crippen LogP contribution in [0.1, 0.15) is 42.0 Å². The quantitative estimate of drug-likeness (QED) is 0.595. The SMILES string of the molecule is CCCC(C)(COC(N)=O)COC(=O)NC(C)C.[H-].[Na+]. The van der Waals surface area contributed by atoms with Crippen molar-refractivity contribution in [2.24, 2.45) is 11.1 Å². The van der Waals surface area contributed by atoms with Gasteiger partial charge in [-0.25, -0.2) is 9.59 Å². The number of carbonyl (C=O) groups excluding carboxylic acids is 2. The standard InChI is InChI=1S/C12H24N2O4.Na.H/c1-5-6-12(4,7-17-10(13)15)8-18-11(16)14-9(2)3;;/h9H,5-8H2,1-4H3,(H2,13,15)(H,14,16);;/q;+1;-1. The van der Waals surface area contributed by atoms with Crippen LogP contribution in [0.15, 0.2) is 0 Å². The summed E-state index contributed by atoms with van der Waals surface area (Å²) in [4.78, 5) is 22.0. The van der Waals surface area contributed by atoms with Crippen LogP contribution >= 0.6 is 0 Å². The monoisotopic (exact) mass is 284 g/mol. The Kier molecular flexibility index (Phi) is 11.3. The van der Waals surface area contributed by atoms with E-state index in [9.17, 15) is 9.59 Å². The smallest absolute Gasteiger partial charge is 1.00 e. The third-order valence-corrected chi connectivity index (χ3v) is 2.37. The van der Waals surface area contributed by atoms with Crippen LogP contribution in [-0.2, 0) is 9.47 Å². The molecule has 0 saturated carbocycles. The van der Waals surface area contributed by atoms with Gasteiger partial charge in [-0.05, 0) is 20.3 Å². The molecule has 0 radical (unpaired) electrons. The van der Waals surface area contributed by atoms with Crippen LogP contribution in [0.25, 0.3) is 0 Å². The second-order valence-corrected chi connectivity index (χ2v) is 5.04. The van der Waals surface area contributed by atoms with E-state index in [2.05, 4.69) is 5.32 Å². The molecular formula is C12H25N2NaO4. The van der Waals surface area contributed by atoms with Gasteiger partial charge in [-0.15, -0.1) is 0 Å². The van der Waals surface area contributed by atoms with Crippen LogP contribution in [0.3, 0.4) is 0 Å². The number of alkyl carbamates (subject to hydrolysis) is 1. The summed E-state index contributed by atoms with van der Waals surface area (Å²) in [6.45, 7) is 7.93. The second-order valence-electron chi connectivity index (χ2n) is 5.04. The second kappa shape index (κ2) is 10.3. The van der Waals surface area contributed by atoms with Crippen molar-refractivity contribution in [3.05, 3.63) is 0 Å². The number of ether oxygens (including phenoxy) is 2. The molecular weight excluding hydrogens is 259 g/mol. The fraction of sp³-hybridized carbons (Fsp3) is 0.833. The number of nitrogens with two attached hydrogens (primary N) is 1. The summed E-state index contributed by atoms with van der Waals surface area (Å²) in [7, 11) is 0. The molecule has 19 heavy (non-hydrogen) atoms. The molecule has 0 rings (SSSR count). The van der Waals surface area contributed by atoms with E-state index < -0.39 is 17.6 Å². The molecule has 3 N–H and O–H groups in total. The van der Waals surface area contributed by atoms with Crippen LogP contribution < -0.4 is 40.6 Å². The summed E-state index contributed by atoms with van der Waals surface area (Å²) in [6.07, 6.45) is 0.388. The summed E-state index contributed by atoms with van der Waals surface area (Å²) in [5, 5.41) is 2.63. The topological polar surface area (TPSA) is 90.7 Å². The Bertz CT molecular complexity index is 293. The predicted molar refractivity (Wildman–Crippen MR) is 69.3 cm³/mol. The fourth-order valence-electron chi connectivity index (χ4n) is 1.55. The maximum atomic E-state index is 11.4. The van der Waals surface area contributed by atoms with Gasteiger partial charge in [0.25, 0.3) is 0 Å². The number of hydrogen-bond donors (Lipinski definition) is 2. The Labute approximate surface area is 138 Å². The average molecular weight is 284 g/mol. The maximum Gasteiger partial charge on any atom is 1.00 e. The molecule has 0 saturated heterocycles. The molecule has 7 heteroatoms. The summed E-state index contributed by atoms with van der Waals surface area (Å²) < 4.78 is 9.92. The Hall–Kier alpha value is -0.460. The molecule has 0 aromatic rings. The summed E-state index contributed by atoms with van der Waals surface area (Å²) >= 11 is 0. The molecule has 0 fully saturated rings. The number of amides is 2. The van der Waals surface area contributed by atoms with Gasteiger partial charge in [0, 0.05) is 11.5 Å². The van der Waals surface area contributed by atoms with E-state index in [4.69, 9.17) is 15.2 Å². The average Bonchev–Trinajstić information content (AvgIpc) is 2.24. The maximum absolute atomic E-state index is 11.4. The van der Waals surface area contributed by atoms with Crippen molar-refractivity contribution >= 4 is 12.2 Å². The minimum Gasteiger partial charge on any atom is -1.00 e. The zero-order valence-corrected chi connectivity index (χ0v) is 14.6. The van der Waals surface area contributed by atoms with Gasteiger partial charge in [0.2, 0.25) is 0 Å². The van der Waals surface area contributed by atoms with Crippen molar-refractivity contribution in [2.75, 3.05) is 13.2 Å². The Balaban J connectivity index is -0.00000144. The van der Waals surface area contributed by atoms with Gasteiger partial charge in [0.15, 0.2) is 0 Å². The fourth-order valence-corrected chi connectivity index (χ4v) is 1.55. The molecule has 1 atom stereocenters. The first-order valence-corrected chi connectivity index (χ1v) is 6.14. The van der Waals surface area contributed by atoms with Crippen LogP contribution in [0.2, 0.25) is 0 Å². The van der Waals surface area contributed by atoms with Crippen LogP contribution in [0.4, 0.5) is 9.59 Å². The van der Waals surface area contributed by atoms with Gasteiger partial charge in [0.1, 0.15) is 13.2 Å². The number of hydrogen-bond acceptors (Lipinski definition) is 4. The van der Waals surface area contributed by atoms with Crippen molar-refractivity contribution in [2.45, 2.75) is 46.6 Å². The van der Waals surface area contributed by atoms with Crippen molar-refractivity contribution in [3.8, 4) is 0 Å². The van der Waals surface area contributed by atoms with Crippen molar-refractivity contribution in [1.82, 2.24) is 5.32 Å². The summed E-state index contributed by atoms with van der Waals surface area (Å²) in [6, 6.07) is 0.0248. The Morgan fingerprint density at radius 3 is 2.26 bits per heavy atom. The first-order valence-electron chi connectivity index (χ1n) is 6.14. The third kappa shape index (κ3) is 11.1. The van der Waals surface area contributed by atoms with Gasteiger partial charge < -0.3 is 22.0 Å². The molecule has 1 unspecified atom stereocenters. The minimum absolute atomic E-state index is 0. The molecule has 0 heterocycles. The molecule has 0 aromatic heterocycles. The largest absolute Gasteiger partial charge is 1.00 e. The summed E-state index contributed by atoms with van der Waals surface area (Å²) in [5.74, 6) is 0. The van der Waals surface area contributed by atoms with Gasteiger partial charge in [-0.1, -0.05) is 20.3 Å². The third-order valence-electron chi connectivity index (χ3n) is 2.37. The van der Waals surface area contributed by atoms with Crippen LogP contribution in [0, 0.1) is 5.41 Å². The van der Waals surface area contributed by atoms with Crippen LogP contribution in [-0.4, -0.2) is 31.4 Å². The first kappa shape index (κ1) is 20.8. The molecule has 108 valence electrons. The van der Waals surface area contributed by atoms with Gasteiger partial charge >= 0.3 is 41.7 Å². The van der Waals surface area contributed by atoms with E-state index in [1.165, 1.54) is 0 Å². The zero-order chi connectivity index (χ0) is 14.2. The van der Waals surface area contributed by atoms with E-state index in [0.29, 0.717) is 0 Å². The number of nitrogens with one attached hydrogen (secondary N) is 1. The minimum atomic E-state index is -0.816. The van der Waals surface area contributed by atoms with Crippen molar-refractivity contribution in [3.63, 3.8) is 0 Å². The van der Waals surface area contributed by atoms with E-state index in [0.717, 1.165) is 12.8 Å². The van der Waals surface area contributed by atoms with E-state index >= 15 is 0 Å². The zero-order valence-electron chi connectivity index (χ0n) is 13.6. The molecule has 6 nitrogen and oxygen atoms in total. The molecule has 2 amide bonds. The normalized spacial score (nSPS) is 13.1. The Morgan fingerprint density at radius 1 is 1.32 bits per heavy atom. The van der Waals surface area contributed by atoms with Crippen LogP contribution in [0.5, 0.6) is 0 Å². The van der Waals surface area contributed by atoms with Crippen molar-refractivity contribution < 1.29 is 50.0 Å². The molecule has 0 aliphatic carbocycles. The van der Waals surface area contributed by atoms with Gasteiger partial charge in [-0.2, -0.15) is 0 Å². The molecule has 0 aliphatic rings. The molecule has 0 aliphatic heterocycles. The van der Waals surface area contributed by atoms with E-state index in [1.54, 1.807) is 0 Å². The molecule has 0 aromatic carbocycles. The Morgan fingerprint density at radius 2 is 1.84 bits per heavy atom. The predicted octanol–water partition coefficient (Wildman–Crippen LogP) is -0.861. The van der Waals surface area contributed by atoms with E-state index in [-0.39, 0.29) is 50.2 Å². The molecule has 0 bridgehead atoms. The van der Waals surface area contributed by atoms with E-state index in [1.807, 2.05) is 27.7 Å². The summed E-state index contributed by atoms with van der Waals surface area (Å²) in [5.41, 5.74) is 4.53. The first-order chi connectivity index (χ1) is 8.29.